The summed E-state index contributed by atoms with van der Waals surface area (Å²) in [5, 5.41) is 15.3. The molecule has 6 rings (SSSR count). The summed E-state index contributed by atoms with van der Waals surface area (Å²) in [6, 6.07) is 7.93. The van der Waals surface area contributed by atoms with E-state index in [0.717, 1.165) is 54.1 Å². The van der Waals surface area contributed by atoms with E-state index in [0.29, 0.717) is 18.4 Å². The Morgan fingerprint density at radius 1 is 1.12 bits per heavy atom. The number of hydrogen-bond acceptors (Lipinski definition) is 7. The highest BCUT2D eigenvalue weighted by Gasteiger charge is 2.28. The average molecular weight is 447 g/mol. The van der Waals surface area contributed by atoms with Crippen LogP contribution in [-0.2, 0) is 6.54 Å². The third-order valence-corrected chi connectivity index (χ3v) is 6.71. The summed E-state index contributed by atoms with van der Waals surface area (Å²) >= 11 is 0. The second-order valence-electron chi connectivity index (χ2n) is 9.09. The summed E-state index contributed by atoms with van der Waals surface area (Å²) in [6.07, 6.45) is 8.85. The first-order valence-corrected chi connectivity index (χ1v) is 11.9. The second kappa shape index (κ2) is 8.55. The molecule has 1 aliphatic heterocycles. The minimum Gasteiger partial charge on any atom is -0.482 e. The number of fused-ring (bicyclic) bond motifs is 2. The fourth-order valence-corrected chi connectivity index (χ4v) is 4.68. The summed E-state index contributed by atoms with van der Waals surface area (Å²) in [5.41, 5.74) is 4.00. The van der Waals surface area contributed by atoms with Crippen molar-refractivity contribution in [3.63, 3.8) is 0 Å². The number of pyridine rings is 1. The molecule has 0 unspecified atom stereocenters. The van der Waals surface area contributed by atoms with Crippen molar-refractivity contribution < 1.29 is 4.74 Å². The summed E-state index contributed by atoms with van der Waals surface area (Å²) in [7, 11) is 1.67. The van der Waals surface area contributed by atoms with Gasteiger partial charge in [-0.3, -0.25) is 4.40 Å². The molecule has 0 spiro atoms. The van der Waals surface area contributed by atoms with Crippen LogP contribution in [0.3, 0.4) is 0 Å². The van der Waals surface area contributed by atoms with E-state index < -0.39 is 0 Å². The lowest BCUT2D eigenvalue weighted by Gasteiger charge is -2.23. The maximum Gasteiger partial charge on any atom is 0.198 e. The fourth-order valence-electron chi connectivity index (χ4n) is 4.68. The topological polar surface area (TPSA) is 92.8 Å². The Bertz CT molecular complexity index is 1270. The van der Waals surface area contributed by atoms with Gasteiger partial charge >= 0.3 is 0 Å². The van der Waals surface area contributed by atoms with E-state index in [2.05, 4.69) is 27.1 Å². The molecule has 1 aliphatic carbocycles. The summed E-state index contributed by atoms with van der Waals surface area (Å²) in [5.74, 6) is 3.87. The average Bonchev–Trinajstić information content (AvgIpc) is 3.46. The van der Waals surface area contributed by atoms with Gasteiger partial charge in [0.05, 0.1) is 25.5 Å². The number of rotatable bonds is 8. The van der Waals surface area contributed by atoms with Gasteiger partial charge < -0.3 is 20.7 Å². The number of methoxy groups -OCH3 is 1. The summed E-state index contributed by atoms with van der Waals surface area (Å²) < 4.78 is 9.35. The van der Waals surface area contributed by atoms with Crippen LogP contribution >= 0.6 is 0 Å². The number of anilines is 2. The smallest absolute Gasteiger partial charge is 0.198 e. The third kappa shape index (κ3) is 4.08. The SMILES string of the molecule is COc1cccc2nc(CNc3cc(NCC4CCNCC4)nc4c(C5CC5)cnn34)cn12. The zero-order chi connectivity index (χ0) is 22.2. The maximum absolute atomic E-state index is 5.45. The van der Waals surface area contributed by atoms with Crippen molar-refractivity contribution >= 4 is 22.9 Å². The van der Waals surface area contributed by atoms with E-state index in [1.807, 2.05) is 39.5 Å². The largest absolute Gasteiger partial charge is 0.482 e. The van der Waals surface area contributed by atoms with Crippen LogP contribution in [0.5, 0.6) is 5.88 Å². The highest BCUT2D eigenvalue weighted by Crippen LogP contribution is 2.42. The Morgan fingerprint density at radius 3 is 2.82 bits per heavy atom. The van der Waals surface area contributed by atoms with Crippen LogP contribution < -0.4 is 20.7 Å². The maximum atomic E-state index is 5.45. The molecule has 1 saturated carbocycles. The van der Waals surface area contributed by atoms with Gasteiger partial charge in [-0.15, -0.1) is 0 Å². The number of piperidine rings is 1. The standard InChI is InChI=1S/C24H30N8O/c1-33-23-4-2-3-21-29-18(15-31(21)23)13-27-22-11-20(26-12-16-7-9-25-10-8-16)30-24-19(17-5-6-17)14-28-32(22)24/h2-4,11,14-17,25,27H,5-10,12-13H2,1H3,(H,26,30). The first kappa shape index (κ1) is 20.3. The lowest BCUT2D eigenvalue weighted by molar-refractivity contribution is 0.389. The van der Waals surface area contributed by atoms with Gasteiger partial charge in [0.15, 0.2) is 11.5 Å². The molecule has 2 fully saturated rings. The van der Waals surface area contributed by atoms with E-state index in [-0.39, 0.29) is 0 Å². The van der Waals surface area contributed by atoms with Gasteiger partial charge in [0.2, 0.25) is 0 Å². The Hall–Kier alpha value is -3.33. The molecule has 0 bridgehead atoms. The number of ether oxygens (including phenoxy) is 1. The molecule has 0 amide bonds. The van der Waals surface area contributed by atoms with Crippen molar-refractivity contribution in [1.82, 2.24) is 29.3 Å². The first-order valence-electron chi connectivity index (χ1n) is 11.9. The van der Waals surface area contributed by atoms with Gasteiger partial charge in [-0.2, -0.15) is 9.61 Å². The van der Waals surface area contributed by atoms with Crippen LogP contribution in [0.4, 0.5) is 11.6 Å². The van der Waals surface area contributed by atoms with E-state index in [1.165, 1.54) is 31.2 Å². The van der Waals surface area contributed by atoms with Crippen LogP contribution in [-0.4, -0.2) is 50.7 Å². The van der Waals surface area contributed by atoms with Crippen molar-refractivity contribution in [1.29, 1.82) is 0 Å². The second-order valence-corrected chi connectivity index (χ2v) is 9.09. The lowest BCUT2D eigenvalue weighted by atomic mass is 9.98. The van der Waals surface area contributed by atoms with Gasteiger partial charge in [0.25, 0.3) is 0 Å². The quantitative estimate of drug-likeness (QED) is 0.382. The van der Waals surface area contributed by atoms with Crippen molar-refractivity contribution in [3.05, 3.63) is 47.9 Å². The van der Waals surface area contributed by atoms with Crippen LogP contribution in [0.1, 0.15) is 42.9 Å². The molecule has 0 aromatic carbocycles. The van der Waals surface area contributed by atoms with Crippen LogP contribution in [0.25, 0.3) is 11.3 Å². The molecule has 172 valence electrons. The Labute approximate surface area is 192 Å². The lowest BCUT2D eigenvalue weighted by Crippen LogP contribution is -2.31. The molecule has 4 aromatic rings. The molecule has 9 nitrogen and oxygen atoms in total. The van der Waals surface area contributed by atoms with Gasteiger partial charge in [0.1, 0.15) is 17.3 Å². The van der Waals surface area contributed by atoms with E-state index >= 15 is 0 Å². The van der Waals surface area contributed by atoms with Crippen molar-refractivity contribution in [2.75, 3.05) is 37.4 Å². The summed E-state index contributed by atoms with van der Waals surface area (Å²) in [4.78, 5) is 9.68. The Balaban J connectivity index is 1.26. The molecule has 9 heteroatoms. The van der Waals surface area contributed by atoms with Gasteiger partial charge in [0, 0.05) is 24.4 Å². The predicted octanol–water partition coefficient (Wildman–Crippen LogP) is 3.29. The van der Waals surface area contributed by atoms with E-state index in [4.69, 9.17) is 14.7 Å². The number of hydrogen-bond donors (Lipinski definition) is 3. The molecule has 2 aliphatic rings. The molecule has 0 atom stereocenters. The minimum atomic E-state index is 0.580. The number of nitrogens with zero attached hydrogens (tertiary/aromatic N) is 5. The Kier molecular flexibility index (Phi) is 5.26. The third-order valence-electron chi connectivity index (χ3n) is 6.71. The van der Waals surface area contributed by atoms with Crippen molar-refractivity contribution in [3.8, 4) is 5.88 Å². The molecule has 3 N–H and O–H groups in total. The highest BCUT2D eigenvalue weighted by atomic mass is 16.5. The minimum absolute atomic E-state index is 0.580. The van der Waals surface area contributed by atoms with Gasteiger partial charge in [-0.1, -0.05) is 6.07 Å². The Morgan fingerprint density at radius 2 is 2.00 bits per heavy atom. The fraction of sp³-hybridized carbons (Fsp3) is 0.458. The number of nitrogens with one attached hydrogen (secondary N) is 3. The molecule has 4 aromatic heterocycles. The monoisotopic (exact) mass is 446 g/mol. The number of aromatic nitrogens is 5. The molecular formula is C24H30N8O. The van der Waals surface area contributed by atoms with Crippen molar-refractivity contribution in [2.24, 2.45) is 5.92 Å². The molecule has 0 radical (unpaired) electrons. The van der Waals surface area contributed by atoms with Crippen LogP contribution in [0.2, 0.25) is 0 Å². The molecular weight excluding hydrogens is 416 g/mol. The zero-order valence-electron chi connectivity index (χ0n) is 18.9. The van der Waals surface area contributed by atoms with Gasteiger partial charge in [-0.25, -0.2) is 9.97 Å². The van der Waals surface area contributed by atoms with E-state index in [9.17, 15) is 0 Å². The zero-order valence-corrected chi connectivity index (χ0v) is 18.9. The van der Waals surface area contributed by atoms with Crippen LogP contribution in [0, 0.1) is 5.92 Å². The normalized spacial score (nSPS) is 17.0. The number of imidazole rings is 1. The van der Waals surface area contributed by atoms with Gasteiger partial charge in [-0.05, 0) is 62.7 Å². The van der Waals surface area contributed by atoms with Crippen molar-refractivity contribution in [2.45, 2.75) is 38.1 Å². The molecule has 1 saturated heterocycles. The highest BCUT2D eigenvalue weighted by molar-refractivity contribution is 5.61. The predicted molar refractivity (Wildman–Crippen MR) is 128 cm³/mol. The molecule has 5 heterocycles. The van der Waals surface area contributed by atoms with Crippen LogP contribution in [0.15, 0.2) is 36.7 Å². The molecule has 33 heavy (non-hydrogen) atoms. The summed E-state index contributed by atoms with van der Waals surface area (Å²) in [6.45, 7) is 3.73. The van der Waals surface area contributed by atoms with E-state index in [1.54, 1.807) is 7.11 Å². The first-order chi connectivity index (χ1) is 16.3.